The number of unbranched alkanes of at least 4 members (excludes halogenated alkanes) is 2. The van der Waals surface area contributed by atoms with E-state index in [9.17, 15) is 19.2 Å². The highest BCUT2D eigenvalue weighted by Crippen LogP contribution is 2.52. The summed E-state index contributed by atoms with van der Waals surface area (Å²) in [6, 6.07) is 24.0. The van der Waals surface area contributed by atoms with Gasteiger partial charge in [0.1, 0.15) is 60.5 Å². The number of carboxylic acid groups (broad SMARTS) is 1. The van der Waals surface area contributed by atoms with Crippen LogP contribution in [0.15, 0.2) is 78.9 Å². The molecule has 2 heterocycles. The summed E-state index contributed by atoms with van der Waals surface area (Å²) in [6.07, 6.45) is -1.99. The Labute approximate surface area is 359 Å². The van der Waals surface area contributed by atoms with E-state index in [2.05, 4.69) is 25.7 Å². The molecule has 0 spiro atoms. The zero-order valence-electron chi connectivity index (χ0n) is 36.5. The summed E-state index contributed by atoms with van der Waals surface area (Å²) in [5, 5.41) is 9.07. The lowest BCUT2D eigenvalue weighted by molar-refractivity contribution is -0.185. The fourth-order valence-corrected chi connectivity index (χ4v) is 7.66. The predicted molar refractivity (Wildman–Crippen MR) is 226 cm³/mol. The van der Waals surface area contributed by atoms with Crippen LogP contribution in [0.5, 0.6) is 11.5 Å². The van der Waals surface area contributed by atoms with Crippen LogP contribution in [0.2, 0.25) is 0 Å². The van der Waals surface area contributed by atoms with Gasteiger partial charge in [0.25, 0.3) is 0 Å². The Morgan fingerprint density at radius 3 is 1.51 bits per heavy atom. The maximum Gasteiger partial charge on any atom is 0.332 e. The smallest absolute Gasteiger partial charge is 0.332 e. The number of aliphatic carboxylic acids is 1. The Morgan fingerprint density at radius 2 is 1.10 bits per heavy atom. The van der Waals surface area contributed by atoms with Crippen molar-refractivity contribution in [1.29, 1.82) is 0 Å². The minimum atomic E-state index is -1.43. The second-order valence-electron chi connectivity index (χ2n) is 14.7. The van der Waals surface area contributed by atoms with Gasteiger partial charge in [-0.25, -0.2) is 9.59 Å². The monoisotopic (exact) mass is 849 g/mol. The molecule has 3 aromatic rings. The molecular formula is C47H63NO13. The van der Waals surface area contributed by atoms with E-state index >= 15 is 0 Å². The lowest BCUT2D eigenvalue weighted by Gasteiger charge is -2.43. The normalized spacial score (nSPS) is 20.3. The SMILES string of the molecule is CCCCOC(=O)C1C2OC(C(OC(c3ccccc3)(c3ccc(OC)cc3)c3ccc(OC)cc3)C2OC(=O)COCC(=O)O)C1C(=O)OCCCC.CCN(CC)CC. The average Bonchev–Trinajstić information content (AvgIpc) is 3.83. The molecule has 6 unspecified atom stereocenters. The van der Waals surface area contributed by atoms with E-state index < -0.39 is 78.9 Å². The molecule has 2 aliphatic heterocycles. The van der Waals surface area contributed by atoms with Crippen LogP contribution in [0, 0.1) is 11.8 Å². The number of nitrogens with zero attached hydrogens (tertiary/aromatic N) is 1. The van der Waals surface area contributed by atoms with Crippen LogP contribution in [-0.2, 0) is 53.2 Å². The summed E-state index contributed by atoms with van der Waals surface area (Å²) in [5.41, 5.74) is 0.580. The molecule has 0 amide bonds. The third-order valence-corrected chi connectivity index (χ3v) is 11.0. The molecular weight excluding hydrogens is 787 g/mol. The van der Waals surface area contributed by atoms with Crippen molar-refractivity contribution in [3.63, 3.8) is 0 Å². The third-order valence-electron chi connectivity index (χ3n) is 11.0. The molecule has 1 N–H and O–H groups in total. The molecule has 2 saturated heterocycles. The minimum Gasteiger partial charge on any atom is -0.497 e. The fourth-order valence-electron chi connectivity index (χ4n) is 7.66. The van der Waals surface area contributed by atoms with E-state index in [4.69, 9.17) is 43.0 Å². The minimum absolute atomic E-state index is 0.125. The summed E-state index contributed by atoms with van der Waals surface area (Å²) in [4.78, 5) is 54.6. The van der Waals surface area contributed by atoms with E-state index in [0.717, 1.165) is 12.8 Å². The summed E-state index contributed by atoms with van der Waals surface area (Å²) < 4.78 is 47.1. The number of hydrogen-bond acceptors (Lipinski definition) is 13. The van der Waals surface area contributed by atoms with Gasteiger partial charge < -0.3 is 47.9 Å². The van der Waals surface area contributed by atoms with Gasteiger partial charge in [0.2, 0.25) is 0 Å². The van der Waals surface area contributed by atoms with Crippen LogP contribution in [0.25, 0.3) is 0 Å². The highest BCUT2D eigenvalue weighted by Gasteiger charge is 2.68. The molecule has 2 bridgehead atoms. The van der Waals surface area contributed by atoms with Crippen LogP contribution in [0.1, 0.15) is 77.0 Å². The molecule has 5 rings (SSSR count). The Morgan fingerprint density at radius 1 is 0.639 bits per heavy atom. The number of carbonyl (C=O) groups is 4. The van der Waals surface area contributed by atoms with Crippen LogP contribution >= 0.6 is 0 Å². The van der Waals surface area contributed by atoms with Crippen LogP contribution in [0.4, 0.5) is 0 Å². The van der Waals surface area contributed by atoms with Gasteiger partial charge in [-0.1, -0.05) is 102 Å². The number of methoxy groups -OCH3 is 2. The molecule has 6 atom stereocenters. The van der Waals surface area contributed by atoms with Gasteiger partial charge in [-0.2, -0.15) is 0 Å². The van der Waals surface area contributed by atoms with Crippen molar-refractivity contribution in [3.8, 4) is 11.5 Å². The number of rotatable bonds is 23. The highest BCUT2D eigenvalue weighted by molar-refractivity contribution is 5.85. The molecule has 14 nitrogen and oxygen atoms in total. The van der Waals surface area contributed by atoms with Crippen LogP contribution in [0.3, 0.4) is 0 Å². The number of benzene rings is 3. The average molecular weight is 850 g/mol. The van der Waals surface area contributed by atoms with Crippen LogP contribution in [-0.4, -0.2) is 119 Å². The molecule has 0 aromatic heterocycles. The highest BCUT2D eigenvalue weighted by atomic mass is 16.7. The predicted octanol–water partition coefficient (Wildman–Crippen LogP) is 6.44. The largest absolute Gasteiger partial charge is 0.497 e. The fraction of sp³-hybridized carbons (Fsp3) is 0.532. The molecule has 0 aliphatic carbocycles. The molecule has 0 radical (unpaired) electrons. The van der Waals surface area contributed by atoms with Gasteiger partial charge in [0.15, 0.2) is 6.10 Å². The first-order chi connectivity index (χ1) is 29.5. The van der Waals surface area contributed by atoms with Crippen molar-refractivity contribution < 1.29 is 62.2 Å². The Bertz CT molecular complexity index is 1750. The van der Waals surface area contributed by atoms with Crippen molar-refractivity contribution in [2.45, 2.75) is 90.3 Å². The first-order valence-corrected chi connectivity index (χ1v) is 21.3. The number of esters is 3. The van der Waals surface area contributed by atoms with Gasteiger partial charge in [-0.3, -0.25) is 9.59 Å². The van der Waals surface area contributed by atoms with Crippen molar-refractivity contribution in [2.75, 3.05) is 60.3 Å². The second-order valence-corrected chi connectivity index (χ2v) is 14.7. The van der Waals surface area contributed by atoms with Crippen molar-refractivity contribution in [2.24, 2.45) is 11.8 Å². The summed E-state index contributed by atoms with van der Waals surface area (Å²) in [6.45, 7) is 12.9. The Kier molecular flexibility index (Phi) is 19.5. The lowest BCUT2D eigenvalue weighted by Crippen LogP contribution is -2.57. The van der Waals surface area contributed by atoms with E-state index in [1.807, 2.05) is 68.4 Å². The van der Waals surface area contributed by atoms with Gasteiger partial charge in [0, 0.05) is 0 Å². The van der Waals surface area contributed by atoms with Gasteiger partial charge in [-0.15, -0.1) is 0 Å². The Balaban J connectivity index is 0.00000107. The zero-order valence-corrected chi connectivity index (χ0v) is 36.5. The molecule has 2 fully saturated rings. The van der Waals surface area contributed by atoms with Gasteiger partial charge in [-0.05, 0) is 73.4 Å². The third kappa shape index (κ3) is 12.3. The number of carboxylic acids is 1. The number of fused-ring (bicyclic) bond motifs is 2. The topological polar surface area (TPSA) is 166 Å². The standard InChI is InChI=1S/C41H48O13.C6H15N/c1-5-7-22-50-39(45)33-34(40(46)51-23-8-6-2)36-38(37(35(33)53-36)52-32(44)25-49-24-31(42)43)54-41(26-12-10-9-11-13-26,27-14-18-29(47-3)19-15-27)28-16-20-30(48-4)21-17-28;1-4-7(5-2)6-3/h9-21,33-38H,5-8,22-25H2,1-4H3,(H,42,43);4-6H2,1-3H3. The van der Waals surface area contributed by atoms with Crippen molar-refractivity contribution in [3.05, 3.63) is 95.6 Å². The molecule has 3 aromatic carbocycles. The summed E-state index contributed by atoms with van der Waals surface area (Å²) >= 11 is 0. The molecule has 334 valence electrons. The first kappa shape index (κ1) is 48.6. The second kappa shape index (κ2) is 24.4. The summed E-state index contributed by atoms with van der Waals surface area (Å²) in [7, 11) is 3.13. The van der Waals surface area contributed by atoms with Crippen molar-refractivity contribution in [1.82, 2.24) is 4.90 Å². The number of carbonyl (C=O) groups excluding carboxylic acids is 3. The summed E-state index contributed by atoms with van der Waals surface area (Å²) in [5.74, 6) is -4.66. The first-order valence-electron chi connectivity index (χ1n) is 21.3. The zero-order chi connectivity index (χ0) is 44.4. The number of hydrogen-bond donors (Lipinski definition) is 1. The molecule has 0 saturated carbocycles. The maximum absolute atomic E-state index is 14.0. The van der Waals surface area contributed by atoms with E-state index in [-0.39, 0.29) is 13.2 Å². The van der Waals surface area contributed by atoms with E-state index in [0.29, 0.717) is 41.0 Å². The van der Waals surface area contributed by atoms with Gasteiger partial charge in [0.05, 0.1) is 27.4 Å². The van der Waals surface area contributed by atoms with E-state index in [1.54, 1.807) is 38.5 Å². The van der Waals surface area contributed by atoms with Crippen molar-refractivity contribution >= 4 is 23.9 Å². The number of ether oxygens (including phenoxy) is 8. The molecule has 14 heteroatoms. The van der Waals surface area contributed by atoms with Gasteiger partial charge >= 0.3 is 23.9 Å². The Hall–Kier alpha value is -5.02. The molecule has 61 heavy (non-hydrogen) atoms. The maximum atomic E-state index is 14.0. The van der Waals surface area contributed by atoms with E-state index in [1.165, 1.54) is 19.6 Å². The van der Waals surface area contributed by atoms with Crippen LogP contribution < -0.4 is 9.47 Å². The lowest BCUT2D eigenvalue weighted by atomic mass is 9.74. The quantitative estimate of drug-likeness (QED) is 0.0480. The molecule has 2 aliphatic rings.